The van der Waals surface area contributed by atoms with Crippen LogP contribution in [0.4, 0.5) is 0 Å². The van der Waals surface area contributed by atoms with E-state index in [9.17, 15) is 4.79 Å². The molecule has 1 aliphatic carbocycles. The standard InChI is InChI=1S/C8H8Cl2O3/c1-13-8(10)5-3-2-4-7(8,9)6(11)12/h2-5H,1H3,(H,11,12). The molecule has 5 heteroatoms. The van der Waals surface area contributed by atoms with Gasteiger partial charge >= 0.3 is 5.97 Å². The molecule has 0 amide bonds. The molecule has 0 aromatic carbocycles. The first-order valence-electron chi connectivity index (χ1n) is 3.50. The molecule has 0 fully saturated rings. The summed E-state index contributed by atoms with van der Waals surface area (Å²) >= 11 is 11.7. The third-order valence-corrected chi connectivity index (χ3v) is 3.10. The summed E-state index contributed by atoms with van der Waals surface area (Å²) < 4.78 is 4.87. The number of alkyl halides is 2. The Morgan fingerprint density at radius 3 is 2.31 bits per heavy atom. The van der Waals surface area contributed by atoms with Gasteiger partial charge in [0.1, 0.15) is 0 Å². The van der Waals surface area contributed by atoms with Gasteiger partial charge in [0.15, 0.2) is 5.06 Å². The fourth-order valence-corrected chi connectivity index (χ4v) is 1.47. The van der Waals surface area contributed by atoms with E-state index in [-0.39, 0.29) is 0 Å². The lowest BCUT2D eigenvalue weighted by Crippen LogP contribution is -2.51. The van der Waals surface area contributed by atoms with E-state index >= 15 is 0 Å². The largest absolute Gasteiger partial charge is 0.480 e. The average molecular weight is 223 g/mol. The molecule has 0 aromatic rings. The molecule has 0 saturated heterocycles. The lowest BCUT2D eigenvalue weighted by molar-refractivity contribution is -0.142. The van der Waals surface area contributed by atoms with Crippen molar-refractivity contribution >= 4 is 29.2 Å². The van der Waals surface area contributed by atoms with Crippen molar-refractivity contribution in [3.8, 4) is 0 Å². The summed E-state index contributed by atoms with van der Waals surface area (Å²) in [6, 6.07) is 0. The lowest BCUT2D eigenvalue weighted by Gasteiger charge is -2.35. The van der Waals surface area contributed by atoms with E-state index in [1.165, 1.54) is 25.3 Å². The molecule has 13 heavy (non-hydrogen) atoms. The summed E-state index contributed by atoms with van der Waals surface area (Å²) in [5.41, 5.74) is 0. The highest BCUT2D eigenvalue weighted by molar-refractivity contribution is 6.43. The van der Waals surface area contributed by atoms with Crippen molar-refractivity contribution in [2.45, 2.75) is 9.93 Å². The summed E-state index contributed by atoms with van der Waals surface area (Å²) in [5, 5.41) is 7.35. The number of rotatable bonds is 2. The topological polar surface area (TPSA) is 46.5 Å². The van der Waals surface area contributed by atoms with Gasteiger partial charge in [0.25, 0.3) is 0 Å². The van der Waals surface area contributed by atoms with Crippen LogP contribution in [-0.2, 0) is 9.53 Å². The van der Waals surface area contributed by atoms with Gasteiger partial charge in [-0.15, -0.1) is 0 Å². The number of hydrogen-bond acceptors (Lipinski definition) is 2. The van der Waals surface area contributed by atoms with E-state index < -0.39 is 15.9 Å². The van der Waals surface area contributed by atoms with Gasteiger partial charge < -0.3 is 9.84 Å². The fraction of sp³-hybridized carbons (Fsp3) is 0.375. The first-order valence-corrected chi connectivity index (χ1v) is 4.25. The molecule has 1 rings (SSSR count). The van der Waals surface area contributed by atoms with Crippen LogP contribution in [0.15, 0.2) is 24.3 Å². The van der Waals surface area contributed by atoms with Gasteiger partial charge in [0.2, 0.25) is 4.87 Å². The summed E-state index contributed by atoms with van der Waals surface area (Å²) in [7, 11) is 1.30. The molecule has 0 radical (unpaired) electrons. The number of ether oxygens (including phenoxy) is 1. The highest BCUT2D eigenvalue weighted by Gasteiger charge is 2.53. The summed E-state index contributed by atoms with van der Waals surface area (Å²) in [5.74, 6) is -1.24. The van der Waals surface area contributed by atoms with Gasteiger partial charge in [-0.3, -0.25) is 0 Å². The van der Waals surface area contributed by atoms with E-state index in [1.807, 2.05) is 0 Å². The number of methoxy groups -OCH3 is 1. The van der Waals surface area contributed by atoms with Crippen LogP contribution in [0.1, 0.15) is 0 Å². The molecule has 0 spiro atoms. The molecule has 0 saturated carbocycles. The van der Waals surface area contributed by atoms with Crippen molar-refractivity contribution in [1.82, 2.24) is 0 Å². The zero-order valence-electron chi connectivity index (χ0n) is 6.83. The lowest BCUT2D eigenvalue weighted by atomic mass is 9.96. The van der Waals surface area contributed by atoms with Crippen molar-refractivity contribution in [2.75, 3.05) is 7.11 Å². The van der Waals surface area contributed by atoms with Gasteiger partial charge in [0, 0.05) is 7.11 Å². The van der Waals surface area contributed by atoms with Crippen LogP contribution in [0.5, 0.6) is 0 Å². The smallest absolute Gasteiger partial charge is 0.333 e. The third-order valence-electron chi connectivity index (χ3n) is 1.85. The molecule has 1 N–H and O–H groups in total. The minimum atomic E-state index is -1.75. The maximum atomic E-state index is 10.9. The maximum absolute atomic E-state index is 10.9. The van der Waals surface area contributed by atoms with Crippen molar-refractivity contribution in [1.29, 1.82) is 0 Å². The molecule has 3 nitrogen and oxygen atoms in total. The van der Waals surface area contributed by atoms with Gasteiger partial charge in [-0.25, -0.2) is 4.79 Å². The van der Waals surface area contributed by atoms with E-state index in [4.69, 9.17) is 33.0 Å². The Morgan fingerprint density at radius 2 is 1.92 bits per heavy atom. The van der Waals surface area contributed by atoms with Gasteiger partial charge in [0.05, 0.1) is 0 Å². The monoisotopic (exact) mass is 222 g/mol. The van der Waals surface area contributed by atoms with Gasteiger partial charge in [-0.2, -0.15) is 0 Å². The Kier molecular flexibility index (Phi) is 2.71. The molecular weight excluding hydrogens is 215 g/mol. The fourth-order valence-electron chi connectivity index (χ4n) is 1.04. The number of aliphatic carboxylic acids is 1. The van der Waals surface area contributed by atoms with E-state index in [0.717, 1.165) is 0 Å². The first kappa shape index (κ1) is 10.6. The molecule has 0 aromatic heterocycles. The summed E-state index contributed by atoms with van der Waals surface area (Å²) in [4.78, 5) is 9.12. The zero-order valence-corrected chi connectivity index (χ0v) is 8.34. The van der Waals surface area contributed by atoms with Crippen molar-refractivity contribution in [3.05, 3.63) is 24.3 Å². The van der Waals surface area contributed by atoms with Crippen LogP contribution in [0, 0.1) is 0 Å². The second-order valence-electron chi connectivity index (χ2n) is 2.58. The number of allylic oxidation sites excluding steroid dienone is 2. The molecule has 0 bridgehead atoms. The van der Waals surface area contributed by atoms with E-state index in [0.29, 0.717) is 0 Å². The Hall–Kier alpha value is -0.510. The number of carboxylic acids is 1. The normalized spacial score (nSPS) is 37.8. The molecular formula is C8H8Cl2O3. The Labute approximate surface area is 85.6 Å². The van der Waals surface area contributed by atoms with Gasteiger partial charge in [-0.1, -0.05) is 35.4 Å². The minimum absolute atomic E-state index is 1.24. The summed E-state index contributed by atoms with van der Waals surface area (Å²) in [6.45, 7) is 0. The zero-order chi connectivity index (χ0) is 10.1. The second kappa shape index (κ2) is 3.33. The predicted molar refractivity (Wildman–Crippen MR) is 50.1 cm³/mol. The number of halogens is 2. The molecule has 1 aliphatic rings. The van der Waals surface area contributed by atoms with Crippen LogP contribution < -0.4 is 0 Å². The average Bonchev–Trinajstić information content (AvgIpc) is 2.10. The Balaban J connectivity index is 3.15. The third kappa shape index (κ3) is 1.47. The highest BCUT2D eigenvalue weighted by atomic mass is 35.5. The minimum Gasteiger partial charge on any atom is -0.480 e. The van der Waals surface area contributed by atoms with Gasteiger partial charge in [-0.05, 0) is 12.2 Å². The Bertz CT molecular complexity index is 287. The second-order valence-corrected chi connectivity index (χ2v) is 3.74. The quantitative estimate of drug-likeness (QED) is 0.725. The van der Waals surface area contributed by atoms with Crippen LogP contribution in [0.2, 0.25) is 0 Å². The van der Waals surface area contributed by atoms with E-state index in [1.54, 1.807) is 6.08 Å². The highest BCUT2D eigenvalue weighted by Crippen LogP contribution is 2.41. The maximum Gasteiger partial charge on any atom is 0.333 e. The van der Waals surface area contributed by atoms with Crippen LogP contribution in [0.25, 0.3) is 0 Å². The molecule has 0 aliphatic heterocycles. The summed E-state index contributed by atoms with van der Waals surface area (Å²) in [6.07, 6.45) is 5.78. The SMILES string of the molecule is COC1(Cl)C=CC=CC1(Cl)C(=O)O. The molecule has 0 heterocycles. The van der Waals surface area contributed by atoms with Crippen molar-refractivity contribution in [2.24, 2.45) is 0 Å². The first-order chi connectivity index (χ1) is 5.96. The molecule has 2 atom stereocenters. The number of carbonyl (C=O) groups is 1. The number of carboxylic acid groups (broad SMARTS) is 1. The van der Waals surface area contributed by atoms with Crippen molar-refractivity contribution in [3.63, 3.8) is 0 Å². The van der Waals surface area contributed by atoms with Crippen LogP contribution >= 0.6 is 23.2 Å². The molecule has 2 unspecified atom stereocenters. The van der Waals surface area contributed by atoms with Crippen molar-refractivity contribution < 1.29 is 14.6 Å². The number of hydrogen-bond donors (Lipinski definition) is 1. The van der Waals surface area contributed by atoms with Crippen LogP contribution in [-0.4, -0.2) is 28.1 Å². The predicted octanol–water partition coefficient (Wildman–Crippen LogP) is 1.76. The van der Waals surface area contributed by atoms with E-state index in [2.05, 4.69) is 0 Å². The Morgan fingerprint density at radius 1 is 1.38 bits per heavy atom. The molecule has 72 valence electrons. The van der Waals surface area contributed by atoms with Crippen LogP contribution in [0.3, 0.4) is 0 Å².